The molecule has 2 aromatic carbocycles. The third kappa shape index (κ3) is 4.94. The number of amides is 2. The molecular weight excluding hydrogens is 394 g/mol. The van der Waals surface area contributed by atoms with Gasteiger partial charge in [0.25, 0.3) is 11.8 Å². The number of hydrogen-bond acceptors (Lipinski definition) is 4. The summed E-state index contributed by atoms with van der Waals surface area (Å²) in [5.74, 6) is -0.117. The first-order valence-corrected chi connectivity index (χ1v) is 10.6. The number of thiophene rings is 1. The topological polar surface area (TPSA) is 82.0 Å². The predicted octanol–water partition coefficient (Wildman–Crippen LogP) is 5.49. The fourth-order valence-corrected chi connectivity index (χ4v) is 3.76. The Kier molecular flexibility index (Phi) is 6.65. The maximum absolute atomic E-state index is 12.8. The molecule has 0 saturated heterocycles. The Labute approximate surface area is 180 Å². The minimum Gasteiger partial charge on any atom is -0.345 e. The zero-order chi connectivity index (χ0) is 21.7. The van der Waals surface area contributed by atoms with Crippen molar-refractivity contribution >= 4 is 28.2 Å². The predicted molar refractivity (Wildman–Crippen MR) is 120 cm³/mol. The fraction of sp³-hybridized carbons (Fsp3) is 0.208. The molecular formula is C24H23N3O2S. The summed E-state index contributed by atoms with van der Waals surface area (Å²) in [5.41, 5.74) is 3.60. The van der Waals surface area contributed by atoms with Gasteiger partial charge in [0, 0.05) is 5.56 Å². The molecule has 152 valence electrons. The van der Waals surface area contributed by atoms with Crippen LogP contribution < -0.4 is 10.6 Å². The third-order valence-corrected chi connectivity index (χ3v) is 5.69. The molecule has 6 heteroatoms. The highest BCUT2D eigenvalue weighted by atomic mass is 32.1. The van der Waals surface area contributed by atoms with Crippen molar-refractivity contribution in [2.45, 2.75) is 32.7 Å². The summed E-state index contributed by atoms with van der Waals surface area (Å²) < 4.78 is 0. The van der Waals surface area contributed by atoms with Gasteiger partial charge in [0.2, 0.25) is 0 Å². The van der Waals surface area contributed by atoms with Crippen LogP contribution >= 0.6 is 11.3 Å². The van der Waals surface area contributed by atoms with Crippen LogP contribution in [0.15, 0.2) is 60.0 Å². The summed E-state index contributed by atoms with van der Waals surface area (Å²) in [7, 11) is 0. The number of carbonyl (C=O) groups excluding carboxylic acids is 2. The highest BCUT2D eigenvalue weighted by Gasteiger charge is 2.18. The van der Waals surface area contributed by atoms with Crippen molar-refractivity contribution in [1.29, 1.82) is 5.26 Å². The van der Waals surface area contributed by atoms with E-state index in [2.05, 4.69) is 30.6 Å². The van der Waals surface area contributed by atoms with Gasteiger partial charge in [0.1, 0.15) is 5.00 Å². The van der Waals surface area contributed by atoms with Gasteiger partial charge in [-0.2, -0.15) is 5.26 Å². The average Bonchev–Trinajstić information content (AvgIpc) is 3.22. The van der Waals surface area contributed by atoms with Gasteiger partial charge in [-0.15, -0.1) is 11.3 Å². The van der Waals surface area contributed by atoms with E-state index in [1.54, 1.807) is 35.7 Å². The van der Waals surface area contributed by atoms with Crippen molar-refractivity contribution < 1.29 is 9.59 Å². The van der Waals surface area contributed by atoms with Crippen LogP contribution in [0, 0.1) is 11.3 Å². The zero-order valence-electron chi connectivity index (χ0n) is 17.1. The van der Waals surface area contributed by atoms with Crippen molar-refractivity contribution in [2.75, 3.05) is 5.32 Å². The van der Waals surface area contributed by atoms with Gasteiger partial charge in [-0.05, 0) is 59.7 Å². The van der Waals surface area contributed by atoms with Crippen LogP contribution in [-0.4, -0.2) is 11.8 Å². The third-order valence-electron chi connectivity index (χ3n) is 4.86. The van der Waals surface area contributed by atoms with E-state index < -0.39 is 0 Å². The monoisotopic (exact) mass is 417 g/mol. The molecule has 1 unspecified atom stereocenters. The van der Waals surface area contributed by atoms with E-state index in [1.807, 2.05) is 31.2 Å². The van der Waals surface area contributed by atoms with Crippen LogP contribution in [-0.2, 0) is 0 Å². The molecule has 1 heterocycles. The quantitative estimate of drug-likeness (QED) is 0.557. The molecule has 0 fully saturated rings. The van der Waals surface area contributed by atoms with E-state index in [9.17, 15) is 9.59 Å². The summed E-state index contributed by atoms with van der Waals surface area (Å²) in [6, 6.07) is 18.1. The van der Waals surface area contributed by atoms with Gasteiger partial charge in [0.15, 0.2) is 0 Å². The SMILES string of the molecule is CC(C)c1ccc(C(=O)Nc2sccc2C(=O)NC(C)c2ccc(C#N)cc2)cc1. The summed E-state index contributed by atoms with van der Waals surface area (Å²) in [5, 5.41) is 17.0. The van der Waals surface area contributed by atoms with Crippen LogP contribution in [0.3, 0.4) is 0 Å². The van der Waals surface area contributed by atoms with Gasteiger partial charge in [-0.3, -0.25) is 9.59 Å². The molecule has 0 aliphatic rings. The Balaban J connectivity index is 1.68. The largest absolute Gasteiger partial charge is 0.345 e. The van der Waals surface area contributed by atoms with Crippen LogP contribution in [0.5, 0.6) is 0 Å². The lowest BCUT2D eigenvalue weighted by atomic mass is 10.0. The van der Waals surface area contributed by atoms with E-state index in [4.69, 9.17) is 5.26 Å². The smallest absolute Gasteiger partial charge is 0.256 e. The molecule has 0 aliphatic heterocycles. The molecule has 3 rings (SSSR count). The number of anilines is 1. The van der Waals surface area contributed by atoms with E-state index >= 15 is 0 Å². The Bertz CT molecular complexity index is 1080. The number of nitrogens with one attached hydrogen (secondary N) is 2. The Morgan fingerprint density at radius 3 is 2.13 bits per heavy atom. The summed E-state index contributed by atoms with van der Waals surface area (Å²) in [6.07, 6.45) is 0. The van der Waals surface area contributed by atoms with E-state index in [0.29, 0.717) is 27.6 Å². The molecule has 2 N–H and O–H groups in total. The first-order valence-electron chi connectivity index (χ1n) is 9.68. The van der Waals surface area contributed by atoms with Crippen molar-refractivity contribution in [3.63, 3.8) is 0 Å². The van der Waals surface area contributed by atoms with Crippen LogP contribution in [0.1, 0.15) is 70.1 Å². The Morgan fingerprint density at radius 2 is 1.53 bits per heavy atom. The summed E-state index contributed by atoms with van der Waals surface area (Å²) >= 11 is 1.31. The molecule has 0 spiro atoms. The van der Waals surface area contributed by atoms with Gasteiger partial charge < -0.3 is 10.6 Å². The fourth-order valence-electron chi connectivity index (χ4n) is 2.98. The van der Waals surface area contributed by atoms with Gasteiger partial charge in [0.05, 0.1) is 23.2 Å². The molecule has 1 atom stereocenters. The lowest BCUT2D eigenvalue weighted by Crippen LogP contribution is -2.27. The highest BCUT2D eigenvalue weighted by Crippen LogP contribution is 2.25. The minimum atomic E-state index is -0.265. The number of benzene rings is 2. The van der Waals surface area contributed by atoms with E-state index in [-0.39, 0.29) is 17.9 Å². The highest BCUT2D eigenvalue weighted by molar-refractivity contribution is 7.14. The molecule has 0 bridgehead atoms. The standard InChI is InChI=1S/C24H23N3O2S/c1-15(2)18-8-10-20(11-9-18)22(28)27-24-21(12-13-30-24)23(29)26-16(3)19-6-4-17(14-25)5-7-19/h4-13,15-16H,1-3H3,(H,26,29)(H,27,28). The van der Waals surface area contributed by atoms with Crippen molar-refractivity contribution in [2.24, 2.45) is 0 Å². The average molecular weight is 418 g/mol. The normalized spacial score (nSPS) is 11.6. The van der Waals surface area contributed by atoms with Crippen LogP contribution in [0.25, 0.3) is 0 Å². The zero-order valence-corrected chi connectivity index (χ0v) is 17.9. The second-order valence-corrected chi connectivity index (χ2v) is 8.24. The number of carbonyl (C=O) groups is 2. The van der Waals surface area contributed by atoms with Crippen molar-refractivity contribution in [3.05, 3.63) is 87.8 Å². The van der Waals surface area contributed by atoms with E-state index in [0.717, 1.165) is 5.56 Å². The molecule has 5 nitrogen and oxygen atoms in total. The summed E-state index contributed by atoms with van der Waals surface area (Å²) in [4.78, 5) is 25.4. The second-order valence-electron chi connectivity index (χ2n) is 7.32. The maximum atomic E-state index is 12.8. The van der Waals surface area contributed by atoms with Gasteiger partial charge in [-0.1, -0.05) is 38.1 Å². The van der Waals surface area contributed by atoms with Crippen LogP contribution in [0.4, 0.5) is 5.00 Å². The van der Waals surface area contributed by atoms with Crippen molar-refractivity contribution in [1.82, 2.24) is 5.32 Å². The van der Waals surface area contributed by atoms with Gasteiger partial charge >= 0.3 is 0 Å². The van der Waals surface area contributed by atoms with E-state index in [1.165, 1.54) is 16.9 Å². The minimum absolute atomic E-state index is 0.239. The number of nitriles is 1. The molecule has 0 radical (unpaired) electrons. The van der Waals surface area contributed by atoms with Crippen LogP contribution in [0.2, 0.25) is 0 Å². The summed E-state index contributed by atoms with van der Waals surface area (Å²) in [6.45, 7) is 6.08. The molecule has 30 heavy (non-hydrogen) atoms. The molecule has 2 amide bonds. The lowest BCUT2D eigenvalue weighted by Gasteiger charge is -2.15. The molecule has 1 aromatic heterocycles. The number of rotatable bonds is 6. The molecule has 0 aliphatic carbocycles. The van der Waals surface area contributed by atoms with Crippen molar-refractivity contribution in [3.8, 4) is 6.07 Å². The Morgan fingerprint density at radius 1 is 0.900 bits per heavy atom. The first-order chi connectivity index (χ1) is 14.4. The lowest BCUT2D eigenvalue weighted by molar-refractivity contribution is 0.0941. The number of nitrogens with zero attached hydrogens (tertiary/aromatic N) is 1. The maximum Gasteiger partial charge on any atom is 0.256 e. The first kappa shape index (κ1) is 21.3. The molecule has 3 aromatic rings. The van der Waals surface area contributed by atoms with Gasteiger partial charge in [-0.25, -0.2) is 0 Å². The Hall–Kier alpha value is -3.43. The molecule has 0 saturated carbocycles. The second kappa shape index (κ2) is 9.38. The number of hydrogen-bond donors (Lipinski definition) is 2.